The lowest BCUT2D eigenvalue weighted by Gasteiger charge is -2.11. The smallest absolute Gasteiger partial charge is 0.162 e. The van der Waals surface area contributed by atoms with Crippen molar-refractivity contribution < 1.29 is 9.84 Å². The Hall–Kier alpha value is -2.43. The first kappa shape index (κ1) is 12.0. The quantitative estimate of drug-likeness (QED) is 0.567. The largest absolute Gasteiger partial charge is 0.504 e. The van der Waals surface area contributed by atoms with Crippen molar-refractivity contribution in [1.82, 2.24) is 4.98 Å². The highest BCUT2D eigenvalue weighted by Gasteiger charge is 2.09. The van der Waals surface area contributed by atoms with E-state index in [1.165, 1.54) is 7.11 Å². The number of nitrogens with zero attached hydrogens (tertiary/aromatic N) is 1. The van der Waals surface area contributed by atoms with Gasteiger partial charge < -0.3 is 20.9 Å². The fourth-order valence-corrected chi connectivity index (χ4v) is 1.63. The van der Waals surface area contributed by atoms with Crippen LogP contribution in [0.2, 0.25) is 0 Å². The van der Waals surface area contributed by atoms with Gasteiger partial charge in [-0.15, -0.1) is 0 Å². The van der Waals surface area contributed by atoms with Crippen LogP contribution in [-0.4, -0.2) is 17.2 Å². The highest BCUT2D eigenvalue weighted by Crippen LogP contribution is 2.32. The van der Waals surface area contributed by atoms with E-state index < -0.39 is 0 Å². The summed E-state index contributed by atoms with van der Waals surface area (Å²) < 4.78 is 5.05. The molecular weight excluding hydrogens is 230 g/mol. The molecule has 0 aliphatic heterocycles. The predicted octanol–water partition coefficient (Wildman–Crippen LogP) is 1.99. The maximum Gasteiger partial charge on any atom is 0.162 e. The van der Waals surface area contributed by atoms with E-state index in [1.807, 2.05) is 18.2 Å². The molecule has 5 nitrogen and oxygen atoms in total. The average molecular weight is 245 g/mol. The number of methoxy groups -OCH3 is 1. The lowest BCUT2D eigenvalue weighted by molar-refractivity contribution is 0.371. The van der Waals surface area contributed by atoms with Crippen molar-refractivity contribution in [1.29, 1.82) is 0 Å². The van der Waals surface area contributed by atoms with Crippen LogP contribution in [0.5, 0.6) is 11.5 Å². The summed E-state index contributed by atoms with van der Waals surface area (Å²) in [6, 6.07) is 8.86. The number of hydrogen-bond donors (Lipinski definition) is 3. The zero-order valence-electron chi connectivity index (χ0n) is 10.1. The van der Waals surface area contributed by atoms with Crippen LogP contribution in [0.1, 0.15) is 5.56 Å². The van der Waals surface area contributed by atoms with E-state index >= 15 is 0 Å². The zero-order valence-corrected chi connectivity index (χ0v) is 10.1. The van der Waals surface area contributed by atoms with Gasteiger partial charge >= 0.3 is 0 Å². The normalized spacial score (nSPS) is 10.1. The number of aromatic nitrogens is 1. The van der Waals surface area contributed by atoms with E-state index in [-0.39, 0.29) is 5.75 Å². The Morgan fingerprint density at radius 1 is 1.39 bits per heavy atom. The lowest BCUT2D eigenvalue weighted by Crippen LogP contribution is -2.03. The molecule has 0 saturated heterocycles. The fraction of sp³-hybridized carbons (Fsp3) is 0.154. The van der Waals surface area contributed by atoms with Crippen LogP contribution < -0.4 is 15.8 Å². The maximum atomic E-state index is 9.95. The van der Waals surface area contributed by atoms with Gasteiger partial charge in [0.2, 0.25) is 0 Å². The lowest BCUT2D eigenvalue weighted by atomic mass is 10.1. The minimum absolute atomic E-state index is 0.0927. The molecule has 2 aromatic rings. The standard InChI is InChI=1S/C13H15N3O2/c1-18-11-7-10(14)6-9(13(11)17)8-16-12-4-2-3-5-15-12/h2-7,17H,8,14H2,1H3,(H,15,16). The first-order chi connectivity index (χ1) is 8.70. The van der Waals surface area contributed by atoms with Gasteiger partial charge in [0.15, 0.2) is 11.5 Å². The summed E-state index contributed by atoms with van der Waals surface area (Å²) in [5.74, 6) is 1.20. The van der Waals surface area contributed by atoms with Crippen molar-refractivity contribution in [3.8, 4) is 11.5 Å². The number of ether oxygens (including phenoxy) is 1. The first-order valence-corrected chi connectivity index (χ1v) is 5.51. The van der Waals surface area contributed by atoms with Crippen molar-refractivity contribution in [3.63, 3.8) is 0 Å². The Kier molecular flexibility index (Phi) is 3.52. The molecule has 5 heteroatoms. The van der Waals surface area contributed by atoms with Crippen molar-refractivity contribution in [2.45, 2.75) is 6.54 Å². The SMILES string of the molecule is COc1cc(N)cc(CNc2ccccn2)c1O. The van der Waals surface area contributed by atoms with E-state index in [1.54, 1.807) is 18.3 Å². The minimum atomic E-state index is 0.0927. The molecule has 18 heavy (non-hydrogen) atoms. The topological polar surface area (TPSA) is 80.4 Å². The average Bonchev–Trinajstić information content (AvgIpc) is 2.40. The van der Waals surface area contributed by atoms with Gasteiger partial charge in [0.1, 0.15) is 5.82 Å². The minimum Gasteiger partial charge on any atom is -0.504 e. The number of phenolic OH excluding ortho intramolecular Hbond substituents is 1. The van der Waals surface area contributed by atoms with Crippen LogP contribution in [0.3, 0.4) is 0 Å². The highest BCUT2D eigenvalue weighted by atomic mass is 16.5. The van der Waals surface area contributed by atoms with Crippen LogP contribution in [0.4, 0.5) is 11.5 Å². The molecule has 0 unspecified atom stereocenters. The third-order valence-corrected chi connectivity index (χ3v) is 2.52. The summed E-state index contributed by atoms with van der Waals surface area (Å²) in [6.07, 6.45) is 1.70. The van der Waals surface area contributed by atoms with E-state index in [4.69, 9.17) is 10.5 Å². The Balaban J connectivity index is 2.17. The molecule has 0 radical (unpaired) electrons. The summed E-state index contributed by atoms with van der Waals surface area (Å²) in [4.78, 5) is 4.13. The molecule has 0 atom stereocenters. The van der Waals surface area contributed by atoms with Crippen molar-refractivity contribution >= 4 is 11.5 Å². The Morgan fingerprint density at radius 3 is 2.89 bits per heavy atom. The van der Waals surface area contributed by atoms with Gasteiger partial charge in [0.25, 0.3) is 0 Å². The number of hydrogen-bond acceptors (Lipinski definition) is 5. The van der Waals surface area contributed by atoms with Gasteiger partial charge in [0.05, 0.1) is 7.11 Å². The number of rotatable bonds is 4. The van der Waals surface area contributed by atoms with Gasteiger partial charge in [-0.05, 0) is 18.2 Å². The molecule has 0 aliphatic rings. The van der Waals surface area contributed by atoms with Crippen LogP contribution in [0.15, 0.2) is 36.5 Å². The third-order valence-electron chi connectivity index (χ3n) is 2.52. The number of nitrogens with one attached hydrogen (secondary N) is 1. The number of anilines is 2. The number of nitrogens with two attached hydrogens (primary N) is 1. The summed E-state index contributed by atoms with van der Waals surface area (Å²) >= 11 is 0. The maximum absolute atomic E-state index is 9.95. The number of aromatic hydroxyl groups is 1. The molecule has 0 aliphatic carbocycles. The van der Waals surface area contributed by atoms with Crippen molar-refractivity contribution in [3.05, 3.63) is 42.1 Å². The van der Waals surface area contributed by atoms with Crippen molar-refractivity contribution in [2.75, 3.05) is 18.2 Å². The Bertz CT molecular complexity index is 529. The summed E-state index contributed by atoms with van der Waals surface area (Å²) in [5, 5.41) is 13.0. The molecule has 1 aromatic carbocycles. The third kappa shape index (κ3) is 2.63. The van der Waals surface area contributed by atoms with Gasteiger partial charge in [-0.1, -0.05) is 6.07 Å². The highest BCUT2D eigenvalue weighted by molar-refractivity contribution is 5.57. The Labute approximate surface area is 105 Å². The molecule has 0 spiro atoms. The Morgan fingerprint density at radius 2 is 2.22 bits per heavy atom. The van der Waals surface area contributed by atoms with E-state index in [2.05, 4.69) is 10.3 Å². The number of pyridine rings is 1. The summed E-state index contributed by atoms with van der Waals surface area (Å²) in [5.41, 5.74) is 6.95. The second-order valence-corrected chi connectivity index (χ2v) is 3.80. The van der Waals surface area contributed by atoms with Gasteiger partial charge in [-0.3, -0.25) is 0 Å². The molecule has 4 N–H and O–H groups in total. The number of phenols is 1. The molecule has 0 fully saturated rings. The molecule has 94 valence electrons. The van der Waals surface area contributed by atoms with Gasteiger partial charge in [-0.25, -0.2) is 4.98 Å². The number of nitrogen functional groups attached to an aromatic ring is 1. The molecular formula is C13H15N3O2. The van der Waals surface area contributed by atoms with Crippen LogP contribution in [0, 0.1) is 0 Å². The first-order valence-electron chi connectivity index (χ1n) is 5.51. The van der Waals surface area contributed by atoms with E-state index in [9.17, 15) is 5.11 Å². The van der Waals surface area contributed by atoms with Crippen LogP contribution in [-0.2, 0) is 6.54 Å². The van der Waals surface area contributed by atoms with Gasteiger partial charge in [0, 0.05) is 30.1 Å². The second kappa shape index (κ2) is 5.27. The van der Waals surface area contributed by atoms with E-state index in [0.717, 1.165) is 5.82 Å². The van der Waals surface area contributed by atoms with Crippen molar-refractivity contribution in [2.24, 2.45) is 0 Å². The fourth-order valence-electron chi connectivity index (χ4n) is 1.63. The second-order valence-electron chi connectivity index (χ2n) is 3.80. The molecule has 0 amide bonds. The molecule has 1 aromatic heterocycles. The molecule has 1 heterocycles. The number of benzene rings is 1. The molecule has 0 saturated carbocycles. The summed E-state index contributed by atoms with van der Waals surface area (Å²) in [6.45, 7) is 0.421. The van der Waals surface area contributed by atoms with Gasteiger partial charge in [-0.2, -0.15) is 0 Å². The molecule has 2 rings (SSSR count). The van der Waals surface area contributed by atoms with Crippen LogP contribution >= 0.6 is 0 Å². The van der Waals surface area contributed by atoms with Crippen LogP contribution in [0.25, 0.3) is 0 Å². The predicted molar refractivity (Wildman–Crippen MR) is 70.6 cm³/mol. The summed E-state index contributed by atoms with van der Waals surface area (Å²) in [7, 11) is 1.49. The zero-order chi connectivity index (χ0) is 13.0. The monoisotopic (exact) mass is 245 g/mol. The molecule has 0 bridgehead atoms. The van der Waals surface area contributed by atoms with E-state index in [0.29, 0.717) is 23.5 Å².